The molecule has 3 aliphatic rings. The molecule has 12 aromatic carbocycles. The normalized spacial score (nSPS) is 14.5. The van der Waals surface area contributed by atoms with Crippen molar-refractivity contribution in [1.29, 1.82) is 0 Å². The van der Waals surface area contributed by atoms with Gasteiger partial charge < -0.3 is 4.90 Å². The number of benzene rings is 12. The van der Waals surface area contributed by atoms with Gasteiger partial charge >= 0.3 is 0 Å². The third kappa shape index (κ3) is 6.27. The molecule has 15 rings (SSSR count). The van der Waals surface area contributed by atoms with Crippen LogP contribution >= 0.6 is 0 Å². The summed E-state index contributed by atoms with van der Waals surface area (Å²) in [5.74, 6) is 0. The Labute approximate surface area is 445 Å². The monoisotopic (exact) mass is 967 g/mol. The molecule has 0 bridgehead atoms. The Bertz CT molecular complexity index is 4170. The van der Waals surface area contributed by atoms with E-state index in [1.54, 1.807) is 0 Å². The number of fused-ring (bicyclic) bond motifs is 10. The van der Waals surface area contributed by atoms with Gasteiger partial charge in [-0.05, 0) is 159 Å². The first kappa shape index (κ1) is 44.2. The van der Waals surface area contributed by atoms with Crippen LogP contribution in [0.2, 0.25) is 0 Å². The number of nitrogens with zero attached hydrogens (tertiary/aromatic N) is 1. The second kappa shape index (κ2) is 16.9. The topological polar surface area (TPSA) is 3.24 Å². The number of hydrogen-bond donors (Lipinski definition) is 0. The van der Waals surface area contributed by atoms with Crippen LogP contribution < -0.4 is 4.90 Å². The lowest BCUT2D eigenvalue weighted by Crippen LogP contribution is -2.29. The molecule has 0 N–H and O–H groups in total. The maximum absolute atomic E-state index is 2.54. The Morgan fingerprint density at radius 2 is 0.605 bits per heavy atom. The van der Waals surface area contributed by atoms with Crippen LogP contribution in [0.15, 0.2) is 285 Å². The highest BCUT2D eigenvalue weighted by Crippen LogP contribution is 2.60. The fourth-order valence-corrected chi connectivity index (χ4v) is 14.0. The molecule has 0 heterocycles. The third-order valence-corrected chi connectivity index (χ3v) is 17.4. The van der Waals surface area contributed by atoms with E-state index in [1.165, 1.54) is 111 Å². The van der Waals surface area contributed by atoms with Crippen molar-refractivity contribution in [3.63, 3.8) is 0 Å². The van der Waals surface area contributed by atoms with Gasteiger partial charge in [0.2, 0.25) is 0 Å². The summed E-state index contributed by atoms with van der Waals surface area (Å²) in [7, 11) is 0. The summed E-state index contributed by atoms with van der Waals surface area (Å²) in [4.78, 5) is 2.54. The van der Waals surface area contributed by atoms with Crippen molar-refractivity contribution in [1.82, 2.24) is 0 Å². The van der Waals surface area contributed by atoms with E-state index in [9.17, 15) is 0 Å². The zero-order valence-electron chi connectivity index (χ0n) is 42.6. The summed E-state index contributed by atoms with van der Waals surface area (Å²) in [5, 5.41) is 2.52. The van der Waals surface area contributed by atoms with Gasteiger partial charge in [0.15, 0.2) is 0 Å². The lowest BCUT2D eigenvalue weighted by Gasteiger charge is -2.35. The van der Waals surface area contributed by atoms with Crippen LogP contribution in [0.1, 0.15) is 69.5 Å². The molecule has 12 aromatic rings. The van der Waals surface area contributed by atoms with Crippen LogP contribution in [0.25, 0.3) is 55.3 Å². The Hall–Kier alpha value is -9.30. The molecular weight excluding hydrogens is 915 g/mol. The SMILES string of the molecule is CC1(C)c2cc(-c3ccc4ccccc4c3)ccc2-c2ccc(N(c3ccc4c(c3)-c3ccccc3C4(c3ccccc3)c3ccccc3)c3ccc4c(c3)C(c3ccccc3)(c3ccccc3)c3ccccc3-4)cc21. The summed E-state index contributed by atoms with van der Waals surface area (Å²) < 4.78 is 0. The minimum Gasteiger partial charge on any atom is -0.310 e. The van der Waals surface area contributed by atoms with Crippen molar-refractivity contribution in [2.24, 2.45) is 0 Å². The molecule has 0 aromatic heterocycles. The highest BCUT2D eigenvalue weighted by Gasteiger charge is 2.48. The van der Waals surface area contributed by atoms with E-state index in [0.717, 1.165) is 17.1 Å². The highest BCUT2D eigenvalue weighted by molar-refractivity contribution is 5.95. The lowest BCUT2D eigenvalue weighted by atomic mass is 9.67. The predicted octanol–water partition coefficient (Wildman–Crippen LogP) is 19.0. The van der Waals surface area contributed by atoms with Gasteiger partial charge in [-0.2, -0.15) is 0 Å². The molecular formula is C75H53N. The van der Waals surface area contributed by atoms with Crippen molar-refractivity contribution in [3.05, 3.63) is 341 Å². The molecule has 358 valence electrons. The van der Waals surface area contributed by atoms with E-state index in [0.29, 0.717) is 0 Å². The molecule has 0 amide bonds. The molecule has 0 atom stereocenters. The molecule has 0 aliphatic heterocycles. The smallest absolute Gasteiger partial charge is 0.0714 e. The van der Waals surface area contributed by atoms with E-state index >= 15 is 0 Å². The molecule has 1 nitrogen and oxygen atoms in total. The largest absolute Gasteiger partial charge is 0.310 e. The van der Waals surface area contributed by atoms with Gasteiger partial charge in [-0.3, -0.25) is 0 Å². The molecule has 0 unspecified atom stereocenters. The van der Waals surface area contributed by atoms with Crippen molar-refractivity contribution in [2.75, 3.05) is 4.90 Å². The number of anilines is 3. The van der Waals surface area contributed by atoms with E-state index in [4.69, 9.17) is 0 Å². The van der Waals surface area contributed by atoms with Crippen molar-refractivity contribution in [3.8, 4) is 44.5 Å². The molecule has 1 heteroatoms. The maximum Gasteiger partial charge on any atom is 0.0714 e. The average Bonchev–Trinajstić information content (AvgIpc) is 4.05. The fraction of sp³-hybridized carbons (Fsp3) is 0.0667. The summed E-state index contributed by atoms with van der Waals surface area (Å²) >= 11 is 0. The summed E-state index contributed by atoms with van der Waals surface area (Å²) in [6.07, 6.45) is 0. The van der Waals surface area contributed by atoms with E-state index in [2.05, 4.69) is 304 Å². The number of rotatable bonds is 8. The summed E-state index contributed by atoms with van der Waals surface area (Å²) in [6, 6.07) is 107. The quantitative estimate of drug-likeness (QED) is 0.147. The Kier molecular flexibility index (Phi) is 9.81. The fourth-order valence-electron chi connectivity index (χ4n) is 14.0. The predicted molar refractivity (Wildman–Crippen MR) is 316 cm³/mol. The first-order chi connectivity index (χ1) is 37.4. The molecule has 3 aliphatic carbocycles. The van der Waals surface area contributed by atoms with Crippen LogP contribution in [-0.4, -0.2) is 0 Å². The molecule has 0 fully saturated rings. The minimum atomic E-state index is -0.553. The van der Waals surface area contributed by atoms with E-state index in [-0.39, 0.29) is 5.41 Å². The van der Waals surface area contributed by atoms with Gasteiger partial charge in [0.05, 0.1) is 10.8 Å². The molecule has 76 heavy (non-hydrogen) atoms. The third-order valence-electron chi connectivity index (χ3n) is 17.4. The number of hydrogen-bond acceptors (Lipinski definition) is 1. The second-order valence-corrected chi connectivity index (χ2v) is 21.5. The highest BCUT2D eigenvalue weighted by atomic mass is 15.1. The molecule has 0 spiro atoms. The molecule has 0 saturated heterocycles. The van der Waals surface area contributed by atoms with Gasteiger partial charge in [-0.1, -0.05) is 250 Å². The lowest BCUT2D eigenvalue weighted by molar-refractivity contribution is 0.660. The van der Waals surface area contributed by atoms with Crippen LogP contribution in [-0.2, 0) is 16.2 Å². The van der Waals surface area contributed by atoms with E-state index < -0.39 is 10.8 Å². The van der Waals surface area contributed by atoms with Gasteiger partial charge in [-0.25, -0.2) is 0 Å². The van der Waals surface area contributed by atoms with Crippen LogP contribution in [0, 0.1) is 0 Å². The van der Waals surface area contributed by atoms with Crippen LogP contribution in [0.3, 0.4) is 0 Å². The maximum atomic E-state index is 2.54. The first-order valence-corrected chi connectivity index (χ1v) is 26.7. The minimum absolute atomic E-state index is 0.267. The van der Waals surface area contributed by atoms with Gasteiger partial charge in [0.25, 0.3) is 0 Å². The Morgan fingerprint density at radius 1 is 0.237 bits per heavy atom. The van der Waals surface area contributed by atoms with Crippen LogP contribution in [0.5, 0.6) is 0 Å². The Morgan fingerprint density at radius 3 is 1.18 bits per heavy atom. The van der Waals surface area contributed by atoms with Gasteiger partial charge in [-0.15, -0.1) is 0 Å². The van der Waals surface area contributed by atoms with Crippen molar-refractivity contribution in [2.45, 2.75) is 30.1 Å². The standard InChI is InChI=1S/C75H53N/c1-73(2)70-46-53(52-36-35-50-21-15-16-22-51(50)45-52)37-41-63(70)64-42-38-59(48-71(64)73)76(58-40-44-69-66(47-58)62-32-18-20-34-68(62)74(69,54-23-7-3-8-24-54)55-25-9-4-10-26-55)60-39-43-65-61-31-17-19-33-67(61)75(72(65)49-60,56-27-11-5-12-28-56)57-29-13-6-14-30-57/h3-49H,1-2H3. The summed E-state index contributed by atoms with van der Waals surface area (Å²) in [5.41, 5.74) is 25.0. The second-order valence-electron chi connectivity index (χ2n) is 21.5. The van der Waals surface area contributed by atoms with Crippen molar-refractivity contribution < 1.29 is 0 Å². The van der Waals surface area contributed by atoms with Gasteiger partial charge in [0, 0.05) is 22.5 Å². The van der Waals surface area contributed by atoms with Crippen LogP contribution in [0.4, 0.5) is 17.1 Å². The van der Waals surface area contributed by atoms with E-state index in [1.807, 2.05) is 0 Å². The zero-order valence-corrected chi connectivity index (χ0v) is 42.6. The Balaban J connectivity index is 0.958. The molecule has 0 saturated carbocycles. The van der Waals surface area contributed by atoms with Gasteiger partial charge in [0.1, 0.15) is 0 Å². The first-order valence-electron chi connectivity index (χ1n) is 26.7. The average molecular weight is 968 g/mol. The van der Waals surface area contributed by atoms with Crippen molar-refractivity contribution >= 4 is 27.8 Å². The summed E-state index contributed by atoms with van der Waals surface area (Å²) in [6.45, 7) is 4.82. The zero-order chi connectivity index (χ0) is 50.6. The molecule has 0 radical (unpaired) electrons.